The lowest BCUT2D eigenvalue weighted by atomic mass is 10.0. The lowest BCUT2D eigenvalue weighted by molar-refractivity contribution is -0.141. The van der Waals surface area contributed by atoms with Crippen LogP contribution in [0.5, 0.6) is 11.6 Å². The van der Waals surface area contributed by atoms with Crippen molar-refractivity contribution in [2.75, 3.05) is 26.8 Å². The lowest BCUT2D eigenvalue weighted by Crippen LogP contribution is -2.57. The van der Waals surface area contributed by atoms with E-state index in [1.165, 1.54) is 18.9 Å². The first kappa shape index (κ1) is 28.8. The molecule has 12 nitrogen and oxygen atoms in total. The number of rotatable bonds is 3. The number of fused-ring (bicyclic) bond motifs is 2. The summed E-state index contributed by atoms with van der Waals surface area (Å²) in [6.07, 6.45) is -0.767. The van der Waals surface area contributed by atoms with E-state index in [1.54, 1.807) is 50.2 Å². The topological polar surface area (TPSA) is 159 Å². The van der Waals surface area contributed by atoms with Gasteiger partial charge in [0.2, 0.25) is 23.6 Å². The number of pyridine rings is 1. The Hall–Kier alpha value is -4.19. The van der Waals surface area contributed by atoms with Gasteiger partial charge < -0.3 is 35.4 Å². The summed E-state index contributed by atoms with van der Waals surface area (Å²) in [6, 6.07) is 7.45. The van der Waals surface area contributed by atoms with Crippen molar-refractivity contribution in [3.8, 4) is 22.9 Å². The maximum atomic E-state index is 13.6. The molecule has 4 amide bonds. The SMILES string of the molecule is COc1cccc(-c2ccc3c(c2)C(=O)N[C@@H](C(C)C)C(=O)N[C@H](C)C(=O)N2C[C@@H](O)C[C@H]2C(=O)NCCO3)n1. The molecule has 0 radical (unpaired) electrons. The number of amides is 4. The maximum absolute atomic E-state index is 13.6. The molecule has 2 aliphatic rings. The van der Waals surface area contributed by atoms with Gasteiger partial charge in [-0.05, 0) is 37.1 Å². The number of carbonyl (C=O) groups is 4. The number of methoxy groups -OCH3 is 1. The Morgan fingerprint density at radius 2 is 1.88 bits per heavy atom. The Balaban J connectivity index is 1.69. The van der Waals surface area contributed by atoms with Crippen LogP contribution in [0.3, 0.4) is 0 Å². The number of hydrogen-bond acceptors (Lipinski definition) is 8. The average Bonchev–Trinajstić information content (AvgIpc) is 3.34. The summed E-state index contributed by atoms with van der Waals surface area (Å²) in [5, 5.41) is 18.4. The second kappa shape index (κ2) is 12.3. The molecular weight excluding hydrogens is 518 g/mol. The molecule has 3 heterocycles. The van der Waals surface area contributed by atoms with Crippen LogP contribution in [0.1, 0.15) is 37.6 Å². The normalized spacial score (nSPS) is 24.4. The van der Waals surface area contributed by atoms with Gasteiger partial charge in [0.1, 0.15) is 30.5 Å². The third-order valence-corrected chi connectivity index (χ3v) is 6.94. The molecule has 1 aromatic heterocycles. The highest BCUT2D eigenvalue weighted by Gasteiger charge is 2.41. The second-order valence-corrected chi connectivity index (χ2v) is 10.2. The fraction of sp³-hybridized carbons (Fsp3) is 0.464. The monoisotopic (exact) mass is 553 g/mol. The Labute approximate surface area is 232 Å². The average molecular weight is 554 g/mol. The van der Waals surface area contributed by atoms with E-state index in [4.69, 9.17) is 9.47 Å². The van der Waals surface area contributed by atoms with Crippen LogP contribution in [0.25, 0.3) is 11.3 Å². The smallest absolute Gasteiger partial charge is 0.255 e. The van der Waals surface area contributed by atoms with Gasteiger partial charge in [-0.2, -0.15) is 0 Å². The Morgan fingerprint density at radius 3 is 2.60 bits per heavy atom. The first-order chi connectivity index (χ1) is 19.1. The first-order valence-electron chi connectivity index (χ1n) is 13.2. The number of carbonyl (C=O) groups excluding carboxylic acids is 4. The van der Waals surface area contributed by atoms with Crippen LogP contribution in [0.2, 0.25) is 0 Å². The summed E-state index contributed by atoms with van der Waals surface area (Å²) >= 11 is 0. The Bertz CT molecular complexity index is 1280. The van der Waals surface area contributed by atoms with Crippen LogP contribution in [-0.4, -0.2) is 89.7 Å². The van der Waals surface area contributed by atoms with Gasteiger partial charge >= 0.3 is 0 Å². The fourth-order valence-electron chi connectivity index (χ4n) is 4.81. The number of aliphatic hydroxyl groups excluding tert-OH is 1. The molecule has 2 aliphatic heterocycles. The zero-order chi connectivity index (χ0) is 29.0. The van der Waals surface area contributed by atoms with Gasteiger partial charge in [-0.15, -0.1) is 0 Å². The molecular formula is C28H35N5O7. The quantitative estimate of drug-likeness (QED) is 0.427. The summed E-state index contributed by atoms with van der Waals surface area (Å²) in [5.41, 5.74) is 1.38. The third kappa shape index (κ3) is 6.33. The fourth-order valence-corrected chi connectivity index (χ4v) is 4.81. The van der Waals surface area contributed by atoms with Crippen LogP contribution in [0.15, 0.2) is 36.4 Å². The van der Waals surface area contributed by atoms with Crippen molar-refractivity contribution >= 4 is 23.6 Å². The van der Waals surface area contributed by atoms with Gasteiger partial charge in [0.25, 0.3) is 5.91 Å². The van der Waals surface area contributed by atoms with E-state index in [2.05, 4.69) is 20.9 Å². The van der Waals surface area contributed by atoms with Crippen molar-refractivity contribution < 1.29 is 33.8 Å². The molecule has 0 bridgehead atoms. The van der Waals surface area contributed by atoms with E-state index >= 15 is 0 Å². The maximum Gasteiger partial charge on any atom is 0.255 e. The van der Waals surface area contributed by atoms with Gasteiger partial charge in [0, 0.05) is 24.6 Å². The van der Waals surface area contributed by atoms with Gasteiger partial charge in [-0.3, -0.25) is 19.2 Å². The predicted octanol–water partition coefficient (Wildman–Crippen LogP) is 0.487. The van der Waals surface area contributed by atoms with Crippen molar-refractivity contribution in [3.63, 3.8) is 0 Å². The highest BCUT2D eigenvalue weighted by atomic mass is 16.5. The molecule has 214 valence electrons. The molecule has 0 saturated carbocycles. The summed E-state index contributed by atoms with van der Waals surface area (Å²) in [7, 11) is 1.51. The highest BCUT2D eigenvalue weighted by Crippen LogP contribution is 2.28. The molecule has 4 rings (SSSR count). The number of nitrogens with zero attached hydrogens (tertiary/aromatic N) is 2. The Morgan fingerprint density at radius 1 is 1.10 bits per heavy atom. The minimum Gasteiger partial charge on any atom is -0.491 e. The number of aromatic nitrogens is 1. The van der Waals surface area contributed by atoms with E-state index in [1.807, 2.05) is 0 Å². The molecule has 12 heteroatoms. The molecule has 1 aromatic carbocycles. The number of benzene rings is 1. The molecule has 40 heavy (non-hydrogen) atoms. The molecule has 4 N–H and O–H groups in total. The molecule has 0 aliphatic carbocycles. The molecule has 2 aromatic rings. The zero-order valence-corrected chi connectivity index (χ0v) is 23.0. The van der Waals surface area contributed by atoms with Gasteiger partial charge in [0.05, 0.1) is 31.0 Å². The minimum absolute atomic E-state index is 0.0180. The van der Waals surface area contributed by atoms with E-state index < -0.39 is 47.9 Å². The number of hydrogen-bond donors (Lipinski definition) is 4. The van der Waals surface area contributed by atoms with Crippen LogP contribution < -0.4 is 25.4 Å². The van der Waals surface area contributed by atoms with Crippen molar-refractivity contribution in [1.82, 2.24) is 25.8 Å². The number of nitrogens with one attached hydrogen (secondary N) is 3. The van der Waals surface area contributed by atoms with Crippen LogP contribution in [-0.2, 0) is 14.4 Å². The third-order valence-electron chi connectivity index (χ3n) is 6.94. The Kier molecular flexibility index (Phi) is 8.88. The molecule has 1 fully saturated rings. The highest BCUT2D eigenvalue weighted by molar-refractivity contribution is 6.01. The standard InChI is InChI=1S/C28H35N5O7/c1-15(2)24-27(37)30-16(3)28(38)33-14-18(34)13-21(33)26(36)29-10-11-40-22-9-8-17(12-19(22)25(35)32-24)20-6-5-7-23(31-20)39-4/h5-9,12,15-16,18,21,24,34H,10-11,13-14H2,1-4H3,(H,29,36)(H,30,37)(H,32,35)/t16-,18+,21+,24+/m1/s1. The van der Waals surface area contributed by atoms with E-state index in [9.17, 15) is 24.3 Å². The summed E-state index contributed by atoms with van der Waals surface area (Å²) in [6.45, 7) is 5.20. The largest absolute Gasteiger partial charge is 0.491 e. The van der Waals surface area contributed by atoms with E-state index in [-0.39, 0.29) is 43.3 Å². The van der Waals surface area contributed by atoms with Crippen molar-refractivity contribution in [3.05, 3.63) is 42.0 Å². The van der Waals surface area contributed by atoms with Crippen molar-refractivity contribution in [1.29, 1.82) is 0 Å². The molecule has 0 spiro atoms. The number of aliphatic hydroxyl groups is 1. The van der Waals surface area contributed by atoms with Crippen LogP contribution in [0, 0.1) is 5.92 Å². The van der Waals surface area contributed by atoms with Gasteiger partial charge in [0.15, 0.2) is 0 Å². The van der Waals surface area contributed by atoms with Crippen molar-refractivity contribution in [2.24, 2.45) is 5.92 Å². The summed E-state index contributed by atoms with van der Waals surface area (Å²) in [4.78, 5) is 58.6. The van der Waals surface area contributed by atoms with E-state index in [0.29, 0.717) is 17.1 Å². The molecule has 0 unspecified atom stereocenters. The molecule has 4 atom stereocenters. The van der Waals surface area contributed by atoms with Gasteiger partial charge in [-0.25, -0.2) is 4.98 Å². The minimum atomic E-state index is -0.986. The second-order valence-electron chi connectivity index (χ2n) is 10.2. The van der Waals surface area contributed by atoms with Crippen LogP contribution >= 0.6 is 0 Å². The van der Waals surface area contributed by atoms with E-state index in [0.717, 1.165) is 0 Å². The summed E-state index contributed by atoms with van der Waals surface area (Å²) in [5.74, 6) is -1.68. The van der Waals surface area contributed by atoms with Crippen LogP contribution in [0.4, 0.5) is 0 Å². The zero-order valence-electron chi connectivity index (χ0n) is 23.0. The first-order valence-corrected chi connectivity index (χ1v) is 13.2. The lowest BCUT2D eigenvalue weighted by Gasteiger charge is -2.29. The molecule has 1 saturated heterocycles. The number of ether oxygens (including phenoxy) is 2. The predicted molar refractivity (Wildman–Crippen MR) is 145 cm³/mol. The van der Waals surface area contributed by atoms with Gasteiger partial charge in [-0.1, -0.05) is 19.9 Å². The summed E-state index contributed by atoms with van der Waals surface area (Å²) < 4.78 is 11.1. The van der Waals surface area contributed by atoms with Crippen molar-refractivity contribution in [2.45, 2.75) is 51.4 Å².